The van der Waals surface area contributed by atoms with E-state index in [2.05, 4.69) is 25.8 Å². The number of alkyl carbamates (subject to hydrolysis) is 1. The molecule has 292 valence electrons. The summed E-state index contributed by atoms with van der Waals surface area (Å²) in [5.74, 6) is 0.602. The first-order valence-corrected chi connectivity index (χ1v) is 19.3. The predicted molar refractivity (Wildman–Crippen MR) is 215 cm³/mol. The molecule has 2 amide bonds. The van der Waals surface area contributed by atoms with Crippen LogP contribution < -0.4 is 26.2 Å². The molecule has 0 saturated carbocycles. The number of aromatic amines is 1. The summed E-state index contributed by atoms with van der Waals surface area (Å²) in [5, 5.41) is 20.5. The summed E-state index contributed by atoms with van der Waals surface area (Å²) in [4.78, 5) is 43.1. The summed E-state index contributed by atoms with van der Waals surface area (Å²) in [6, 6.07) is 30.7. The molecule has 12 heteroatoms. The normalized spacial score (nSPS) is 18.7. The zero-order valence-corrected chi connectivity index (χ0v) is 31.7. The molecular formula is C44H49N5O7. The minimum atomic E-state index is -0.469. The van der Waals surface area contributed by atoms with Crippen LogP contribution in [0.15, 0.2) is 108 Å². The van der Waals surface area contributed by atoms with Crippen molar-refractivity contribution < 1.29 is 28.9 Å². The summed E-state index contributed by atoms with van der Waals surface area (Å²) in [6.07, 6.45) is 1.17. The van der Waals surface area contributed by atoms with Gasteiger partial charge in [-0.2, -0.15) is 0 Å². The topological polar surface area (TPSA) is 154 Å². The van der Waals surface area contributed by atoms with Gasteiger partial charge in [-0.1, -0.05) is 60.7 Å². The number of rotatable bonds is 15. The van der Waals surface area contributed by atoms with Gasteiger partial charge in [0.25, 0.3) is 5.91 Å². The van der Waals surface area contributed by atoms with Crippen LogP contribution in [0.25, 0.3) is 10.9 Å². The zero-order chi connectivity index (χ0) is 39.0. The van der Waals surface area contributed by atoms with Crippen molar-refractivity contribution in [1.29, 1.82) is 0 Å². The van der Waals surface area contributed by atoms with E-state index in [0.29, 0.717) is 36.0 Å². The molecule has 3 fully saturated rings. The van der Waals surface area contributed by atoms with Crippen molar-refractivity contribution in [3.63, 3.8) is 0 Å². The van der Waals surface area contributed by atoms with Crippen LogP contribution in [0.3, 0.4) is 0 Å². The van der Waals surface area contributed by atoms with Gasteiger partial charge in [-0.05, 0) is 104 Å². The molecule has 0 aliphatic carbocycles. The number of anilines is 1. The number of aromatic nitrogens is 1. The number of aromatic hydroxyl groups is 1. The molecule has 5 N–H and O–H groups in total. The van der Waals surface area contributed by atoms with E-state index in [1.807, 2.05) is 92.7 Å². The molecule has 4 aromatic carbocycles. The fourth-order valence-corrected chi connectivity index (χ4v) is 7.62. The van der Waals surface area contributed by atoms with Gasteiger partial charge in [-0.3, -0.25) is 14.5 Å². The largest absolute Gasteiger partial charge is 0.506 e. The van der Waals surface area contributed by atoms with Crippen molar-refractivity contribution in [3.05, 3.63) is 136 Å². The maximum atomic E-state index is 13.2. The van der Waals surface area contributed by atoms with Crippen molar-refractivity contribution in [2.75, 3.05) is 38.1 Å². The second kappa shape index (κ2) is 17.8. The third-order valence-corrected chi connectivity index (χ3v) is 10.4. The average Bonchev–Trinajstić information content (AvgIpc) is 3.20. The third kappa shape index (κ3) is 9.75. The van der Waals surface area contributed by atoms with Crippen LogP contribution in [-0.2, 0) is 20.8 Å². The maximum absolute atomic E-state index is 13.2. The smallest absolute Gasteiger partial charge is 0.408 e. The molecule has 3 unspecified atom stereocenters. The number of phenolic OH excluding ortho intramolecular Hbond substituents is 1. The molecule has 56 heavy (non-hydrogen) atoms. The Morgan fingerprint density at radius 3 is 2.41 bits per heavy atom. The van der Waals surface area contributed by atoms with E-state index < -0.39 is 12.1 Å². The number of benzene rings is 4. The number of carbonyl (C=O) groups excluding carboxylic acids is 2. The number of phenols is 1. The number of amides is 2. The van der Waals surface area contributed by atoms with Crippen LogP contribution in [0.5, 0.6) is 11.5 Å². The van der Waals surface area contributed by atoms with Crippen molar-refractivity contribution in [1.82, 2.24) is 20.5 Å². The molecule has 4 heterocycles. The molecule has 1 aromatic heterocycles. The van der Waals surface area contributed by atoms with E-state index in [1.54, 1.807) is 18.2 Å². The second-order valence-corrected chi connectivity index (χ2v) is 14.8. The Labute approximate surface area is 326 Å². The molecule has 8 rings (SSSR count). The van der Waals surface area contributed by atoms with Gasteiger partial charge in [0.05, 0.1) is 23.8 Å². The van der Waals surface area contributed by atoms with Gasteiger partial charge in [-0.15, -0.1) is 0 Å². The van der Waals surface area contributed by atoms with Gasteiger partial charge in [-0.25, -0.2) is 4.79 Å². The molecule has 0 spiro atoms. The molecule has 12 nitrogen and oxygen atoms in total. The summed E-state index contributed by atoms with van der Waals surface area (Å²) < 4.78 is 18.1. The average molecular weight is 760 g/mol. The van der Waals surface area contributed by atoms with Gasteiger partial charge in [0.1, 0.15) is 17.6 Å². The lowest BCUT2D eigenvalue weighted by molar-refractivity contribution is -0.118. The SMILES string of the molecule is CC(C)OC(CNCc1ccc(NC(=O)COc2cccc(C(NC(=O)OC3CN4CCC3CC4)c3ccccc3)c2)cc1)c1ccc(O)c2[nH]c(=O)ccc12. The molecule has 5 aromatic rings. The van der Waals surface area contributed by atoms with E-state index in [4.69, 9.17) is 14.2 Å². The monoisotopic (exact) mass is 759 g/mol. The molecule has 3 saturated heterocycles. The summed E-state index contributed by atoms with van der Waals surface area (Å²) >= 11 is 0. The van der Waals surface area contributed by atoms with Crippen LogP contribution in [0.1, 0.15) is 61.1 Å². The first-order valence-electron chi connectivity index (χ1n) is 19.3. The minimum absolute atomic E-state index is 0.00486. The second-order valence-electron chi connectivity index (χ2n) is 14.8. The number of ether oxygens (including phenoxy) is 3. The maximum Gasteiger partial charge on any atom is 0.408 e. The Kier molecular flexibility index (Phi) is 12.3. The first kappa shape index (κ1) is 38.6. The number of H-pyrrole nitrogens is 1. The number of hydrogen-bond donors (Lipinski definition) is 5. The highest BCUT2D eigenvalue weighted by atomic mass is 16.6. The zero-order valence-electron chi connectivity index (χ0n) is 31.7. The van der Waals surface area contributed by atoms with Crippen LogP contribution >= 0.6 is 0 Å². The van der Waals surface area contributed by atoms with Gasteiger partial charge in [0.15, 0.2) is 6.61 Å². The number of carbonyl (C=O) groups is 2. The standard InChI is InChI=1S/C44H49N5O7/c1-28(2)55-38(35-15-17-37(50)43-36(35)16-18-40(51)47-43)25-45-24-29-11-13-33(14-12-29)46-41(52)27-54-34-10-6-9-32(23-34)42(31-7-4-3-5-8-31)48-44(53)56-39-26-49-21-19-30(39)20-22-49/h3-18,23,28,30,38-39,42,45,50H,19-22,24-27H2,1-2H3,(H,46,52)(H,47,51)(H,48,53). The molecule has 3 aliphatic rings. The molecule has 3 atom stereocenters. The van der Waals surface area contributed by atoms with Gasteiger partial charge >= 0.3 is 6.09 Å². The Morgan fingerprint density at radius 2 is 1.68 bits per heavy atom. The highest BCUT2D eigenvalue weighted by Gasteiger charge is 2.37. The quantitative estimate of drug-likeness (QED) is 0.0814. The summed E-state index contributed by atoms with van der Waals surface area (Å²) in [7, 11) is 0. The molecule has 3 aliphatic heterocycles. The fraction of sp³-hybridized carbons (Fsp3) is 0.341. The minimum Gasteiger partial charge on any atom is -0.506 e. The van der Waals surface area contributed by atoms with E-state index in [0.717, 1.165) is 60.1 Å². The van der Waals surface area contributed by atoms with Gasteiger partial charge in [0.2, 0.25) is 5.56 Å². The van der Waals surface area contributed by atoms with Gasteiger partial charge < -0.3 is 40.3 Å². The van der Waals surface area contributed by atoms with Crippen LogP contribution in [0.2, 0.25) is 0 Å². The number of pyridine rings is 1. The van der Waals surface area contributed by atoms with E-state index in [1.165, 1.54) is 6.07 Å². The lowest BCUT2D eigenvalue weighted by atomic mass is 9.86. The number of piperidine rings is 3. The lowest BCUT2D eigenvalue weighted by Crippen LogP contribution is -2.52. The number of nitrogens with zero attached hydrogens (tertiary/aromatic N) is 1. The Balaban J connectivity index is 0.919. The van der Waals surface area contributed by atoms with Crippen LogP contribution in [0.4, 0.5) is 10.5 Å². The Bertz CT molecular complexity index is 2170. The van der Waals surface area contributed by atoms with Crippen molar-refractivity contribution in [3.8, 4) is 11.5 Å². The van der Waals surface area contributed by atoms with Crippen molar-refractivity contribution in [2.24, 2.45) is 5.92 Å². The number of nitrogens with one attached hydrogen (secondary N) is 4. The highest BCUT2D eigenvalue weighted by Crippen LogP contribution is 2.32. The molecular weight excluding hydrogens is 711 g/mol. The molecule has 0 radical (unpaired) electrons. The Hall–Kier alpha value is -5.69. The number of fused-ring (bicyclic) bond motifs is 4. The Morgan fingerprint density at radius 1 is 0.911 bits per heavy atom. The van der Waals surface area contributed by atoms with Crippen LogP contribution in [0, 0.1) is 5.92 Å². The van der Waals surface area contributed by atoms with Crippen molar-refractivity contribution in [2.45, 2.75) is 57.6 Å². The molecule has 2 bridgehead atoms. The number of hydrogen-bond acceptors (Lipinski definition) is 9. The van der Waals surface area contributed by atoms with Crippen LogP contribution in [-0.4, -0.2) is 72.0 Å². The van der Waals surface area contributed by atoms with Crippen molar-refractivity contribution >= 4 is 28.6 Å². The van der Waals surface area contributed by atoms with E-state index in [9.17, 15) is 19.5 Å². The first-order chi connectivity index (χ1) is 27.2. The van der Waals surface area contributed by atoms with E-state index >= 15 is 0 Å². The third-order valence-electron chi connectivity index (χ3n) is 10.4. The lowest BCUT2D eigenvalue weighted by Gasteiger charge is -2.43. The predicted octanol–water partition coefficient (Wildman–Crippen LogP) is 6.42. The summed E-state index contributed by atoms with van der Waals surface area (Å²) in [5.41, 5.74) is 4.30. The van der Waals surface area contributed by atoms with Gasteiger partial charge in [0, 0.05) is 36.8 Å². The summed E-state index contributed by atoms with van der Waals surface area (Å²) in [6.45, 7) is 7.68. The van der Waals surface area contributed by atoms with E-state index in [-0.39, 0.29) is 42.1 Å². The fourth-order valence-electron chi connectivity index (χ4n) is 7.62. The highest BCUT2D eigenvalue weighted by molar-refractivity contribution is 5.92.